The standard InChI is InChI=1S/2C16H17BrN2.2ClH.H2O/c2*1-19(2)11-9-16(14-4-3-10-18-12-14)13-5-7-15(17)8-6-13;;;/h2*3-10,12H,11H2,1-2H3;2*1H;1H2/b2*16-9-;;;. The molecule has 0 fully saturated rings. The van der Waals surface area contributed by atoms with Crippen LogP contribution in [-0.4, -0.2) is 66.5 Å². The lowest BCUT2D eigenvalue weighted by molar-refractivity contribution is 0.457. The van der Waals surface area contributed by atoms with Crippen LogP contribution in [0.5, 0.6) is 0 Å². The van der Waals surface area contributed by atoms with Crippen molar-refractivity contribution in [2.45, 2.75) is 0 Å². The van der Waals surface area contributed by atoms with E-state index in [9.17, 15) is 0 Å². The Morgan fingerprint density at radius 2 is 0.927 bits per heavy atom. The van der Waals surface area contributed by atoms with E-state index in [0.717, 1.165) is 33.2 Å². The highest BCUT2D eigenvalue weighted by Crippen LogP contribution is 2.25. The quantitative estimate of drug-likeness (QED) is 0.187. The Morgan fingerprint density at radius 1 is 0.585 bits per heavy atom. The summed E-state index contributed by atoms with van der Waals surface area (Å²) in [5.74, 6) is 0. The van der Waals surface area contributed by atoms with E-state index in [1.807, 2.05) is 24.5 Å². The van der Waals surface area contributed by atoms with Crippen molar-refractivity contribution in [2.24, 2.45) is 0 Å². The van der Waals surface area contributed by atoms with Crippen molar-refractivity contribution >= 4 is 67.8 Å². The minimum absolute atomic E-state index is 0. The molecule has 2 aromatic heterocycles. The third-order valence-electron chi connectivity index (χ3n) is 5.58. The molecule has 0 aliphatic rings. The Labute approximate surface area is 273 Å². The summed E-state index contributed by atoms with van der Waals surface area (Å²) >= 11 is 6.95. The number of pyridine rings is 2. The molecule has 0 bridgehead atoms. The average Bonchev–Trinajstić information content (AvgIpc) is 2.92. The largest absolute Gasteiger partial charge is 0.412 e. The van der Waals surface area contributed by atoms with E-state index >= 15 is 0 Å². The van der Waals surface area contributed by atoms with Gasteiger partial charge in [0.25, 0.3) is 0 Å². The van der Waals surface area contributed by atoms with Crippen molar-refractivity contribution in [1.82, 2.24) is 19.8 Å². The van der Waals surface area contributed by atoms with E-state index in [0.29, 0.717) is 0 Å². The summed E-state index contributed by atoms with van der Waals surface area (Å²) in [4.78, 5) is 12.7. The predicted octanol–water partition coefficient (Wildman–Crippen LogP) is 7.69. The van der Waals surface area contributed by atoms with Crippen LogP contribution in [0.4, 0.5) is 0 Å². The fourth-order valence-corrected chi connectivity index (χ4v) is 4.18. The molecule has 9 heteroatoms. The smallest absolute Gasteiger partial charge is 0.0346 e. The number of nitrogens with zero attached hydrogens (tertiary/aromatic N) is 4. The van der Waals surface area contributed by atoms with Crippen molar-refractivity contribution in [3.05, 3.63) is 141 Å². The van der Waals surface area contributed by atoms with Crippen molar-refractivity contribution < 1.29 is 5.48 Å². The maximum atomic E-state index is 4.21. The zero-order valence-electron chi connectivity index (χ0n) is 23.7. The number of likely N-dealkylation sites (N-methyl/N-ethyl adjacent to an activating group) is 2. The third-order valence-corrected chi connectivity index (χ3v) is 6.63. The van der Waals surface area contributed by atoms with Gasteiger partial charge in [-0.25, -0.2) is 0 Å². The van der Waals surface area contributed by atoms with Gasteiger partial charge in [0.15, 0.2) is 0 Å². The van der Waals surface area contributed by atoms with Gasteiger partial charge >= 0.3 is 0 Å². The Kier molecular flexibility index (Phi) is 19.3. The first-order valence-electron chi connectivity index (χ1n) is 12.4. The molecule has 0 unspecified atom stereocenters. The van der Waals surface area contributed by atoms with E-state index in [2.05, 4.69) is 153 Å². The number of rotatable bonds is 8. The number of hydrogen-bond donors (Lipinski definition) is 0. The fraction of sp³-hybridized carbons (Fsp3) is 0.188. The summed E-state index contributed by atoms with van der Waals surface area (Å²) in [5.41, 5.74) is 7.14. The molecule has 2 heterocycles. The SMILES string of the molecule is CN(C)C/C=C(/c1ccc(Br)cc1)c1cccnc1.CN(C)C/C=C(/c1ccc(Br)cc1)c1cccnc1.Cl.Cl.O. The van der Waals surface area contributed by atoms with Crippen LogP contribution in [0.2, 0.25) is 0 Å². The molecule has 0 saturated heterocycles. The monoisotopic (exact) mass is 722 g/mol. The highest BCUT2D eigenvalue weighted by Gasteiger charge is 2.06. The summed E-state index contributed by atoms with van der Waals surface area (Å²) in [6, 6.07) is 24.9. The van der Waals surface area contributed by atoms with Crippen molar-refractivity contribution in [1.29, 1.82) is 0 Å². The Hall–Kier alpha value is -2.36. The maximum Gasteiger partial charge on any atom is 0.0346 e. The average molecular weight is 725 g/mol. The van der Waals surface area contributed by atoms with Gasteiger partial charge in [-0.2, -0.15) is 0 Å². The van der Waals surface area contributed by atoms with Crippen LogP contribution in [0.1, 0.15) is 22.3 Å². The van der Waals surface area contributed by atoms with Crippen LogP contribution >= 0.6 is 56.7 Å². The van der Waals surface area contributed by atoms with Gasteiger partial charge in [-0.05, 0) is 86.9 Å². The summed E-state index contributed by atoms with van der Waals surface area (Å²) in [6.07, 6.45) is 11.9. The topological polar surface area (TPSA) is 63.8 Å². The van der Waals surface area contributed by atoms with Crippen molar-refractivity contribution in [3.8, 4) is 0 Å². The minimum atomic E-state index is 0. The van der Waals surface area contributed by atoms with Crippen LogP contribution < -0.4 is 0 Å². The molecular weight excluding hydrogens is 687 g/mol. The highest BCUT2D eigenvalue weighted by atomic mass is 79.9. The number of aromatic nitrogens is 2. The summed E-state index contributed by atoms with van der Waals surface area (Å²) < 4.78 is 2.18. The second-order valence-corrected chi connectivity index (χ2v) is 11.1. The predicted molar refractivity (Wildman–Crippen MR) is 186 cm³/mol. The van der Waals surface area contributed by atoms with E-state index in [1.54, 1.807) is 12.4 Å². The van der Waals surface area contributed by atoms with Gasteiger partial charge < -0.3 is 15.3 Å². The first-order valence-corrected chi connectivity index (χ1v) is 13.9. The van der Waals surface area contributed by atoms with Gasteiger partial charge in [-0.15, -0.1) is 24.8 Å². The molecule has 2 aromatic carbocycles. The minimum Gasteiger partial charge on any atom is -0.412 e. The molecule has 4 rings (SSSR count). The Bertz CT molecular complexity index is 1210. The molecule has 0 aliphatic carbocycles. The molecular formula is C32H38Br2Cl2N4O. The van der Waals surface area contributed by atoms with Crippen molar-refractivity contribution in [3.63, 3.8) is 0 Å². The molecule has 0 amide bonds. The van der Waals surface area contributed by atoms with Crippen LogP contribution in [0, 0.1) is 0 Å². The first kappa shape index (κ1) is 38.6. The van der Waals surface area contributed by atoms with Gasteiger partial charge in [0.2, 0.25) is 0 Å². The lowest BCUT2D eigenvalue weighted by Gasteiger charge is -2.11. The van der Waals surface area contributed by atoms with Gasteiger partial charge in [-0.1, -0.05) is 80.4 Å². The first-order chi connectivity index (χ1) is 18.3. The lowest BCUT2D eigenvalue weighted by atomic mass is 9.99. The molecule has 41 heavy (non-hydrogen) atoms. The van der Waals surface area contributed by atoms with Crippen LogP contribution in [-0.2, 0) is 0 Å². The highest BCUT2D eigenvalue weighted by molar-refractivity contribution is 9.10. The summed E-state index contributed by atoms with van der Waals surface area (Å²) in [7, 11) is 8.27. The fourth-order valence-electron chi connectivity index (χ4n) is 3.66. The molecule has 0 saturated carbocycles. The Balaban J connectivity index is 0.000000727. The second kappa shape index (κ2) is 20.5. The van der Waals surface area contributed by atoms with Crippen molar-refractivity contribution in [2.75, 3.05) is 41.3 Å². The van der Waals surface area contributed by atoms with Gasteiger partial charge in [0, 0.05) is 57.9 Å². The van der Waals surface area contributed by atoms with Gasteiger partial charge in [0.05, 0.1) is 0 Å². The van der Waals surface area contributed by atoms with Gasteiger partial charge in [0.1, 0.15) is 0 Å². The van der Waals surface area contributed by atoms with E-state index in [4.69, 9.17) is 0 Å². The molecule has 4 aromatic rings. The van der Waals surface area contributed by atoms with E-state index < -0.39 is 0 Å². The maximum absolute atomic E-state index is 4.21. The Morgan fingerprint density at radius 3 is 1.20 bits per heavy atom. The van der Waals surface area contributed by atoms with Crippen LogP contribution in [0.15, 0.2) is 119 Å². The molecule has 2 N–H and O–H groups in total. The normalized spacial score (nSPS) is 11.0. The second-order valence-electron chi connectivity index (χ2n) is 9.26. The zero-order chi connectivity index (χ0) is 27.3. The number of hydrogen-bond acceptors (Lipinski definition) is 4. The summed E-state index contributed by atoms with van der Waals surface area (Å²) in [6.45, 7) is 1.81. The summed E-state index contributed by atoms with van der Waals surface area (Å²) in [5, 5.41) is 0. The molecule has 220 valence electrons. The third kappa shape index (κ3) is 13.4. The molecule has 0 aliphatic heterocycles. The molecule has 0 radical (unpaired) electrons. The van der Waals surface area contributed by atoms with Crippen LogP contribution in [0.3, 0.4) is 0 Å². The molecule has 0 atom stereocenters. The van der Waals surface area contributed by atoms with E-state index in [1.165, 1.54) is 22.3 Å². The zero-order valence-corrected chi connectivity index (χ0v) is 28.5. The van der Waals surface area contributed by atoms with Crippen LogP contribution in [0.25, 0.3) is 11.1 Å². The van der Waals surface area contributed by atoms with E-state index in [-0.39, 0.29) is 30.3 Å². The number of benzene rings is 2. The number of halogens is 4. The molecule has 0 spiro atoms. The molecule has 5 nitrogen and oxygen atoms in total. The van der Waals surface area contributed by atoms with Gasteiger partial charge in [-0.3, -0.25) is 9.97 Å². The lowest BCUT2D eigenvalue weighted by Crippen LogP contribution is -2.11.